The van der Waals surface area contributed by atoms with Crippen molar-refractivity contribution in [3.8, 4) is 11.5 Å². The molecule has 2 aromatic rings. The third-order valence-corrected chi connectivity index (χ3v) is 2.86. The summed E-state index contributed by atoms with van der Waals surface area (Å²) in [6, 6.07) is 9.44. The fourth-order valence-corrected chi connectivity index (χ4v) is 1.87. The predicted octanol–water partition coefficient (Wildman–Crippen LogP) is 2.54. The molecule has 0 amide bonds. The Morgan fingerprint density at radius 1 is 1.16 bits per heavy atom. The number of methoxy groups -OCH3 is 1. The lowest BCUT2D eigenvalue weighted by Crippen LogP contribution is -2.12. The first-order chi connectivity index (χ1) is 9.24. The van der Waals surface area contributed by atoms with Crippen molar-refractivity contribution in [2.75, 3.05) is 13.7 Å². The Kier molecular flexibility index (Phi) is 4.36. The van der Waals surface area contributed by atoms with Crippen LogP contribution >= 0.6 is 0 Å². The molecule has 1 aromatic carbocycles. The molecule has 1 atom stereocenters. The summed E-state index contributed by atoms with van der Waals surface area (Å²) in [5.74, 6) is 1.53. The number of nitrogens with two attached hydrogens (primary N) is 1. The second kappa shape index (κ2) is 6.20. The van der Waals surface area contributed by atoms with Crippen LogP contribution in [0.3, 0.4) is 0 Å². The van der Waals surface area contributed by atoms with E-state index in [0.717, 1.165) is 16.9 Å². The largest absolute Gasteiger partial charge is 0.495 e. The Hall–Kier alpha value is -2.07. The van der Waals surface area contributed by atoms with Crippen LogP contribution < -0.4 is 15.2 Å². The van der Waals surface area contributed by atoms with Crippen LogP contribution in [-0.4, -0.2) is 18.7 Å². The molecule has 4 nitrogen and oxygen atoms in total. The maximum atomic E-state index is 6.25. The highest BCUT2D eigenvalue weighted by molar-refractivity contribution is 5.37. The summed E-state index contributed by atoms with van der Waals surface area (Å²) in [4.78, 5) is 4.12. The monoisotopic (exact) mass is 258 g/mol. The first-order valence-electron chi connectivity index (χ1n) is 6.22. The van der Waals surface area contributed by atoms with Crippen molar-refractivity contribution >= 4 is 0 Å². The van der Waals surface area contributed by atoms with Crippen molar-refractivity contribution in [1.82, 2.24) is 4.98 Å². The van der Waals surface area contributed by atoms with E-state index in [1.807, 2.05) is 37.3 Å². The van der Waals surface area contributed by atoms with Crippen molar-refractivity contribution in [3.63, 3.8) is 0 Å². The molecule has 19 heavy (non-hydrogen) atoms. The van der Waals surface area contributed by atoms with Gasteiger partial charge in [-0.05, 0) is 36.2 Å². The van der Waals surface area contributed by atoms with E-state index in [1.165, 1.54) is 0 Å². The summed E-state index contributed by atoms with van der Waals surface area (Å²) in [5.41, 5.74) is 8.15. The van der Waals surface area contributed by atoms with Gasteiger partial charge in [0.25, 0.3) is 0 Å². The molecule has 0 fully saturated rings. The summed E-state index contributed by atoms with van der Waals surface area (Å²) in [6.07, 6.45) is 3.41. The zero-order valence-corrected chi connectivity index (χ0v) is 11.2. The van der Waals surface area contributed by atoms with Gasteiger partial charge in [-0.15, -0.1) is 0 Å². The Labute approximate surface area is 113 Å². The number of ether oxygens (including phenoxy) is 2. The van der Waals surface area contributed by atoms with Crippen LogP contribution in [0.2, 0.25) is 0 Å². The third-order valence-electron chi connectivity index (χ3n) is 2.86. The first-order valence-corrected chi connectivity index (χ1v) is 6.22. The molecule has 0 saturated carbocycles. The molecule has 0 aliphatic heterocycles. The van der Waals surface area contributed by atoms with Crippen LogP contribution in [0.5, 0.6) is 11.5 Å². The van der Waals surface area contributed by atoms with Crippen LogP contribution in [0.4, 0.5) is 0 Å². The van der Waals surface area contributed by atoms with Gasteiger partial charge in [-0.1, -0.05) is 12.1 Å². The van der Waals surface area contributed by atoms with E-state index in [1.54, 1.807) is 19.5 Å². The number of rotatable bonds is 5. The van der Waals surface area contributed by atoms with Gasteiger partial charge in [0, 0.05) is 6.20 Å². The first kappa shape index (κ1) is 13.4. The van der Waals surface area contributed by atoms with Gasteiger partial charge in [0.05, 0.1) is 26.0 Å². The van der Waals surface area contributed by atoms with Crippen molar-refractivity contribution in [2.24, 2.45) is 5.73 Å². The normalized spacial score (nSPS) is 11.9. The SMILES string of the molecule is CCOc1cccc(C(N)c2cncc(OC)c2)c1. The zero-order chi connectivity index (χ0) is 13.7. The Bertz CT molecular complexity index is 543. The molecule has 0 spiro atoms. The van der Waals surface area contributed by atoms with E-state index in [2.05, 4.69) is 4.98 Å². The molecular weight excluding hydrogens is 240 g/mol. The number of nitrogens with zero attached hydrogens (tertiary/aromatic N) is 1. The molecule has 1 unspecified atom stereocenters. The molecule has 0 bridgehead atoms. The lowest BCUT2D eigenvalue weighted by molar-refractivity contribution is 0.340. The van der Waals surface area contributed by atoms with Gasteiger partial charge in [-0.2, -0.15) is 0 Å². The van der Waals surface area contributed by atoms with Crippen LogP contribution in [-0.2, 0) is 0 Å². The lowest BCUT2D eigenvalue weighted by atomic mass is 10.0. The van der Waals surface area contributed by atoms with Crippen molar-refractivity contribution in [1.29, 1.82) is 0 Å². The zero-order valence-electron chi connectivity index (χ0n) is 11.2. The summed E-state index contributed by atoms with van der Waals surface area (Å²) in [5, 5.41) is 0. The van der Waals surface area contributed by atoms with E-state index in [-0.39, 0.29) is 6.04 Å². The fourth-order valence-electron chi connectivity index (χ4n) is 1.87. The number of aromatic nitrogens is 1. The highest BCUT2D eigenvalue weighted by Crippen LogP contribution is 2.24. The van der Waals surface area contributed by atoms with Gasteiger partial charge in [0.1, 0.15) is 11.5 Å². The van der Waals surface area contributed by atoms with Gasteiger partial charge in [-0.25, -0.2) is 0 Å². The average Bonchev–Trinajstić information content (AvgIpc) is 2.47. The minimum Gasteiger partial charge on any atom is -0.495 e. The van der Waals surface area contributed by atoms with E-state index in [4.69, 9.17) is 15.2 Å². The van der Waals surface area contributed by atoms with Gasteiger partial charge in [0.2, 0.25) is 0 Å². The highest BCUT2D eigenvalue weighted by atomic mass is 16.5. The minimum absolute atomic E-state index is 0.247. The van der Waals surface area contributed by atoms with Crippen LogP contribution in [0.25, 0.3) is 0 Å². The number of benzene rings is 1. The van der Waals surface area contributed by atoms with Crippen molar-refractivity contribution in [3.05, 3.63) is 53.9 Å². The predicted molar refractivity (Wildman–Crippen MR) is 74.4 cm³/mol. The second-order valence-electron chi connectivity index (χ2n) is 4.14. The van der Waals surface area contributed by atoms with Gasteiger partial charge >= 0.3 is 0 Å². The van der Waals surface area contributed by atoms with Gasteiger partial charge in [-0.3, -0.25) is 4.98 Å². The topological polar surface area (TPSA) is 57.4 Å². The second-order valence-corrected chi connectivity index (χ2v) is 4.14. The highest BCUT2D eigenvalue weighted by Gasteiger charge is 2.11. The maximum Gasteiger partial charge on any atom is 0.137 e. The van der Waals surface area contributed by atoms with Crippen LogP contribution in [0.1, 0.15) is 24.1 Å². The number of hydrogen-bond acceptors (Lipinski definition) is 4. The molecular formula is C15H18N2O2. The summed E-state index contributed by atoms with van der Waals surface area (Å²) in [6.45, 7) is 2.60. The number of hydrogen-bond donors (Lipinski definition) is 1. The Morgan fingerprint density at radius 3 is 2.68 bits per heavy atom. The summed E-state index contributed by atoms with van der Waals surface area (Å²) >= 11 is 0. The minimum atomic E-state index is -0.247. The average molecular weight is 258 g/mol. The Morgan fingerprint density at radius 2 is 1.95 bits per heavy atom. The van der Waals surface area contributed by atoms with Gasteiger partial charge in [0.15, 0.2) is 0 Å². The number of pyridine rings is 1. The molecule has 2 N–H and O–H groups in total. The molecule has 0 aliphatic rings. The van der Waals surface area contributed by atoms with E-state index < -0.39 is 0 Å². The molecule has 0 saturated heterocycles. The standard InChI is InChI=1S/C15H18N2O2/c1-3-19-13-6-4-5-11(7-13)15(16)12-8-14(18-2)10-17-9-12/h4-10,15H,3,16H2,1-2H3. The van der Waals surface area contributed by atoms with Gasteiger partial charge < -0.3 is 15.2 Å². The molecule has 4 heteroatoms. The molecule has 0 radical (unpaired) electrons. The fraction of sp³-hybridized carbons (Fsp3) is 0.267. The quantitative estimate of drug-likeness (QED) is 0.895. The third kappa shape index (κ3) is 3.23. The summed E-state index contributed by atoms with van der Waals surface area (Å²) < 4.78 is 10.6. The summed E-state index contributed by atoms with van der Waals surface area (Å²) in [7, 11) is 1.61. The van der Waals surface area contributed by atoms with Crippen LogP contribution in [0, 0.1) is 0 Å². The Balaban J connectivity index is 2.27. The molecule has 0 aliphatic carbocycles. The molecule has 1 aromatic heterocycles. The van der Waals surface area contributed by atoms with E-state index >= 15 is 0 Å². The molecule has 100 valence electrons. The van der Waals surface area contributed by atoms with Crippen molar-refractivity contribution in [2.45, 2.75) is 13.0 Å². The van der Waals surface area contributed by atoms with E-state index in [0.29, 0.717) is 12.4 Å². The smallest absolute Gasteiger partial charge is 0.137 e. The molecule has 1 heterocycles. The van der Waals surface area contributed by atoms with E-state index in [9.17, 15) is 0 Å². The lowest BCUT2D eigenvalue weighted by Gasteiger charge is -2.14. The maximum absolute atomic E-state index is 6.25. The van der Waals surface area contributed by atoms with Crippen LogP contribution in [0.15, 0.2) is 42.7 Å². The molecule has 2 rings (SSSR count). The van der Waals surface area contributed by atoms with Crippen molar-refractivity contribution < 1.29 is 9.47 Å².